The predicted octanol–water partition coefficient (Wildman–Crippen LogP) is 0.221. The van der Waals surface area contributed by atoms with Gasteiger partial charge in [-0.1, -0.05) is 18.2 Å². The number of para-hydroxylation sites is 1. The second-order valence-electron chi connectivity index (χ2n) is 4.99. The number of fused-ring (bicyclic) bond motifs is 1. The molecule has 0 fully saturated rings. The number of carbonyl (C=O) groups is 2. The molecule has 108 valence electrons. The maximum absolute atomic E-state index is 12.1. The highest BCUT2D eigenvalue weighted by atomic mass is 16.2. The maximum atomic E-state index is 12.1. The number of anilines is 1. The van der Waals surface area contributed by atoms with Gasteiger partial charge in [0.1, 0.15) is 6.04 Å². The second-order valence-corrected chi connectivity index (χ2v) is 4.99. The molecule has 0 radical (unpaired) electrons. The van der Waals surface area contributed by atoms with Crippen molar-refractivity contribution in [2.45, 2.75) is 25.4 Å². The van der Waals surface area contributed by atoms with Gasteiger partial charge in [0.25, 0.3) is 0 Å². The van der Waals surface area contributed by atoms with E-state index < -0.39 is 12.1 Å². The molecule has 1 aromatic carbocycles. The van der Waals surface area contributed by atoms with Crippen molar-refractivity contribution in [3.8, 4) is 0 Å². The Morgan fingerprint density at radius 2 is 2.10 bits per heavy atom. The van der Waals surface area contributed by atoms with Gasteiger partial charge in [-0.15, -0.1) is 0 Å². The van der Waals surface area contributed by atoms with Crippen LogP contribution >= 0.6 is 0 Å². The first-order valence-corrected chi connectivity index (χ1v) is 6.65. The van der Waals surface area contributed by atoms with Gasteiger partial charge in [-0.05, 0) is 25.0 Å². The van der Waals surface area contributed by atoms with Crippen LogP contribution in [0.5, 0.6) is 0 Å². The normalized spacial score (nSPS) is 18.9. The summed E-state index contributed by atoms with van der Waals surface area (Å²) in [5.41, 5.74) is 8.19. The van der Waals surface area contributed by atoms with E-state index in [4.69, 9.17) is 5.73 Å². The Bertz CT molecular complexity index is 518. The summed E-state index contributed by atoms with van der Waals surface area (Å²) in [5, 5.41) is 4.67. The van der Waals surface area contributed by atoms with Gasteiger partial charge in [-0.2, -0.15) is 0 Å². The molecule has 2 unspecified atom stereocenters. The first-order valence-electron chi connectivity index (χ1n) is 6.65. The number of benzene rings is 1. The number of amides is 3. The quantitative estimate of drug-likeness (QED) is 0.721. The van der Waals surface area contributed by atoms with Crippen molar-refractivity contribution in [3.05, 3.63) is 29.8 Å². The van der Waals surface area contributed by atoms with Crippen molar-refractivity contribution >= 4 is 17.6 Å². The molecule has 6 heteroatoms. The fraction of sp³-hybridized carbons (Fsp3) is 0.429. The van der Waals surface area contributed by atoms with Gasteiger partial charge in [-0.25, -0.2) is 4.79 Å². The molecule has 3 amide bonds. The van der Waals surface area contributed by atoms with E-state index in [-0.39, 0.29) is 11.9 Å². The fourth-order valence-electron chi connectivity index (χ4n) is 2.45. The monoisotopic (exact) mass is 276 g/mol. The van der Waals surface area contributed by atoms with Gasteiger partial charge in [0, 0.05) is 25.3 Å². The lowest BCUT2D eigenvalue weighted by Crippen LogP contribution is -2.54. The van der Waals surface area contributed by atoms with Gasteiger partial charge >= 0.3 is 6.03 Å². The molecule has 0 aromatic heterocycles. The molecule has 1 heterocycles. The van der Waals surface area contributed by atoms with Gasteiger partial charge in [0.15, 0.2) is 0 Å². The molecule has 0 spiro atoms. The lowest BCUT2D eigenvalue weighted by molar-refractivity contribution is -0.121. The molecule has 1 aliphatic heterocycles. The Kier molecular flexibility index (Phi) is 4.24. The van der Waals surface area contributed by atoms with E-state index >= 15 is 0 Å². The molecule has 0 saturated carbocycles. The van der Waals surface area contributed by atoms with Crippen LogP contribution in [-0.2, 0) is 11.2 Å². The minimum Gasteiger partial charge on any atom is -0.358 e. The summed E-state index contributed by atoms with van der Waals surface area (Å²) in [5.74, 6) is -0.340. The number of hydrogen-bond acceptors (Lipinski definition) is 4. The molecule has 20 heavy (non-hydrogen) atoms. The van der Waals surface area contributed by atoms with Crippen LogP contribution in [0.4, 0.5) is 10.5 Å². The van der Waals surface area contributed by atoms with Crippen LogP contribution < -0.4 is 21.3 Å². The average molecular weight is 276 g/mol. The van der Waals surface area contributed by atoms with Gasteiger partial charge in [0.2, 0.25) is 5.91 Å². The van der Waals surface area contributed by atoms with Crippen molar-refractivity contribution in [3.63, 3.8) is 0 Å². The summed E-state index contributed by atoms with van der Waals surface area (Å²) in [6, 6.07) is 6.92. The highest BCUT2D eigenvalue weighted by Crippen LogP contribution is 2.28. The molecule has 0 saturated heterocycles. The van der Waals surface area contributed by atoms with Crippen molar-refractivity contribution in [1.29, 1.82) is 0 Å². The van der Waals surface area contributed by atoms with Crippen LogP contribution in [0.1, 0.15) is 12.5 Å². The van der Waals surface area contributed by atoms with Crippen LogP contribution in [0, 0.1) is 0 Å². The third kappa shape index (κ3) is 2.91. The molecule has 6 nitrogen and oxygen atoms in total. The topological polar surface area (TPSA) is 87.5 Å². The van der Waals surface area contributed by atoms with Crippen molar-refractivity contribution in [2.24, 2.45) is 5.73 Å². The summed E-state index contributed by atoms with van der Waals surface area (Å²) in [4.78, 5) is 25.3. The first kappa shape index (κ1) is 14.3. The predicted molar refractivity (Wildman–Crippen MR) is 77.5 cm³/mol. The summed E-state index contributed by atoms with van der Waals surface area (Å²) in [6.07, 6.45) is 0.802. The van der Waals surface area contributed by atoms with E-state index in [1.165, 1.54) is 7.05 Å². The lowest BCUT2D eigenvalue weighted by atomic mass is 9.97. The third-order valence-electron chi connectivity index (χ3n) is 3.53. The summed E-state index contributed by atoms with van der Waals surface area (Å²) in [7, 11) is 1.47. The van der Waals surface area contributed by atoms with Crippen LogP contribution in [0.15, 0.2) is 24.3 Å². The SMILES string of the molecule is CNC(=O)NC(=O)C(C)N1CC(N)Cc2ccccc21. The van der Waals surface area contributed by atoms with Crippen molar-refractivity contribution in [2.75, 3.05) is 18.5 Å². The van der Waals surface area contributed by atoms with Gasteiger partial charge in [-0.3, -0.25) is 10.1 Å². The number of carbonyl (C=O) groups excluding carboxylic acids is 2. The summed E-state index contributed by atoms with van der Waals surface area (Å²) in [6.45, 7) is 2.37. The molecule has 0 aliphatic carbocycles. The van der Waals surface area contributed by atoms with Crippen molar-refractivity contribution in [1.82, 2.24) is 10.6 Å². The van der Waals surface area contributed by atoms with Gasteiger partial charge < -0.3 is 16.0 Å². The zero-order valence-electron chi connectivity index (χ0n) is 11.7. The largest absolute Gasteiger partial charge is 0.358 e. The van der Waals surface area contributed by atoms with Crippen LogP contribution in [0.2, 0.25) is 0 Å². The molecule has 2 atom stereocenters. The standard InChI is InChI=1S/C14H20N4O2/c1-9(13(19)17-14(20)16-2)18-8-11(15)7-10-5-3-4-6-12(10)18/h3-6,9,11H,7-8,15H2,1-2H3,(H2,16,17,19,20). The third-order valence-corrected chi connectivity index (χ3v) is 3.53. The molecule has 0 bridgehead atoms. The molecule has 2 rings (SSSR count). The minimum absolute atomic E-state index is 0.0137. The maximum Gasteiger partial charge on any atom is 0.321 e. The minimum atomic E-state index is -0.503. The Hall–Kier alpha value is -2.08. The molecular weight excluding hydrogens is 256 g/mol. The first-order chi connectivity index (χ1) is 9.52. The molecule has 1 aliphatic rings. The van der Waals surface area contributed by atoms with E-state index in [1.807, 2.05) is 29.2 Å². The summed E-state index contributed by atoms with van der Waals surface area (Å²) < 4.78 is 0. The highest BCUT2D eigenvalue weighted by Gasteiger charge is 2.29. The number of imide groups is 1. The molecule has 1 aromatic rings. The Morgan fingerprint density at radius 1 is 1.40 bits per heavy atom. The Labute approximate surface area is 118 Å². The van der Waals surface area contributed by atoms with E-state index in [0.717, 1.165) is 17.7 Å². The van der Waals surface area contributed by atoms with Crippen molar-refractivity contribution < 1.29 is 9.59 Å². The zero-order valence-corrected chi connectivity index (χ0v) is 11.7. The highest BCUT2D eigenvalue weighted by molar-refractivity contribution is 5.98. The number of rotatable bonds is 2. The number of nitrogens with one attached hydrogen (secondary N) is 2. The number of nitrogens with two attached hydrogens (primary N) is 1. The van der Waals surface area contributed by atoms with E-state index in [1.54, 1.807) is 6.92 Å². The molecule has 4 N–H and O–H groups in total. The number of nitrogens with zero attached hydrogens (tertiary/aromatic N) is 1. The average Bonchev–Trinajstić information content (AvgIpc) is 2.45. The summed E-state index contributed by atoms with van der Waals surface area (Å²) >= 11 is 0. The van der Waals surface area contributed by atoms with Gasteiger partial charge in [0.05, 0.1) is 0 Å². The van der Waals surface area contributed by atoms with E-state index in [2.05, 4.69) is 10.6 Å². The zero-order chi connectivity index (χ0) is 14.7. The number of urea groups is 1. The fourth-order valence-corrected chi connectivity index (χ4v) is 2.45. The smallest absolute Gasteiger partial charge is 0.321 e. The van der Waals surface area contributed by atoms with Crippen LogP contribution in [0.25, 0.3) is 0 Å². The van der Waals surface area contributed by atoms with E-state index in [0.29, 0.717) is 6.54 Å². The lowest BCUT2D eigenvalue weighted by Gasteiger charge is -2.38. The molecular formula is C14H20N4O2. The Morgan fingerprint density at radius 3 is 2.80 bits per heavy atom. The number of hydrogen-bond donors (Lipinski definition) is 3. The Balaban J connectivity index is 2.19. The van der Waals surface area contributed by atoms with Crippen LogP contribution in [-0.4, -0.2) is 37.6 Å². The van der Waals surface area contributed by atoms with E-state index in [9.17, 15) is 9.59 Å². The van der Waals surface area contributed by atoms with Crippen LogP contribution in [0.3, 0.4) is 0 Å². The second kappa shape index (κ2) is 5.92.